The minimum atomic E-state index is -0.246. The first-order valence-electron chi connectivity index (χ1n) is 7.09. The fraction of sp³-hybridized carbons (Fsp3) is 0.667. The molecular formula is C15H20N2O3. The number of esters is 1. The Kier molecular flexibility index (Phi) is 2.78. The maximum atomic E-state index is 12.3. The molecule has 5 nitrogen and oxygen atoms in total. The Hall–Kier alpha value is -1.65. The Labute approximate surface area is 118 Å². The second-order valence-electron chi connectivity index (χ2n) is 6.41. The van der Waals surface area contributed by atoms with E-state index in [4.69, 9.17) is 4.74 Å². The van der Waals surface area contributed by atoms with Crippen molar-refractivity contribution in [2.24, 2.45) is 10.8 Å². The van der Waals surface area contributed by atoms with E-state index in [1.54, 1.807) is 10.9 Å². The van der Waals surface area contributed by atoms with Gasteiger partial charge in [0.15, 0.2) is 0 Å². The highest BCUT2D eigenvalue weighted by atomic mass is 16.5. The van der Waals surface area contributed by atoms with E-state index in [1.165, 1.54) is 7.11 Å². The summed E-state index contributed by atoms with van der Waals surface area (Å²) in [6.07, 6.45) is 4.95. The van der Waals surface area contributed by atoms with Gasteiger partial charge in [0.2, 0.25) is 0 Å². The third-order valence-electron chi connectivity index (χ3n) is 4.97. The molecule has 0 aromatic carbocycles. The van der Waals surface area contributed by atoms with E-state index < -0.39 is 0 Å². The van der Waals surface area contributed by atoms with Crippen molar-refractivity contribution in [2.45, 2.75) is 46.1 Å². The topological polar surface area (TPSA) is 61.2 Å². The zero-order valence-electron chi connectivity index (χ0n) is 12.2. The highest BCUT2D eigenvalue weighted by Gasteiger charge is 2.72. The number of nitrogens with zero attached hydrogens (tertiary/aromatic N) is 2. The van der Waals surface area contributed by atoms with Crippen LogP contribution in [-0.4, -0.2) is 22.6 Å². The van der Waals surface area contributed by atoms with Crippen LogP contribution in [0.1, 0.15) is 37.4 Å². The van der Waals surface area contributed by atoms with Crippen LogP contribution in [0.3, 0.4) is 0 Å². The summed E-state index contributed by atoms with van der Waals surface area (Å²) in [5, 5.41) is 0. The van der Waals surface area contributed by atoms with E-state index >= 15 is 0 Å². The summed E-state index contributed by atoms with van der Waals surface area (Å²) in [5.41, 5.74) is 1.53. The van der Waals surface area contributed by atoms with E-state index in [2.05, 4.69) is 4.98 Å². The molecule has 20 heavy (non-hydrogen) atoms. The second-order valence-corrected chi connectivity index (χ2v) is 6.41. The van der Waals surface area contributed by atoms with Crippen LogP contribution in [0.25, 0.3) is 0 Å². The smallest absolute Gasteiger partial charge is 0.311 e. The quantitative estimate of drug-likeness (QED) is 0.781. The first-order chi connectivity index (χ1) is 9.45. The lowest BCUT2D eigenvalue weighted by Gasteiger charge is -2.68. The van der Waals surface area contributed by atoms with E-state index in [0.717, 1.165) is 36.9 Å². The number of methoxy groups -OCH3 is 1. The Bertz CT molecular complexity index is 613. The molecule has 3 aliphatic rings. The van der Waals surface area contributed by atoms with Crippen LogP contribution in [-0.2, 0) is 22.5 Å². The molecule has 0 aliphatic heterocycles. The van der Waals surface area contributed by atoms with Gasteiger partial charge >= 0.3 is 5.97 Å². The van der Waals surface area contributed by atoms with Crippen LogP contribution in [0.2, 0.25) is 0 Å². The van der Waals surface area contributed by atoms with Gasteiger partial charge in [0, 0.05) is 12.1 Å². The van der Waals surface area contributed by atoms with Gasteiger partial charge in [-0.25, -0.2) is 4.98 Å². The third-order valence-corrected chi connectivity index (χ3v) is 4.97. The summed E-state index contributed by atoms with van der Waals surface area (Å²) in [5.74, 6) is -0.0950. The average molecular weight is 276 g/mol. The van der Waals surface area contributed by atoms with Crippen LogP contribution in [0.15, 0.2) is 11.1 Å². The number of rotatable bonds is 4. The van der Waals surface area contributed by atoms with Gasteiger partial charge in [0.05, 0.1) is 24.5 Å². The van der Waals surface area contributed by atoms with Crippen molar-refractivity contribution in [3.63, 3.8) is 0 Å². The molecule has 108 valence electrons. The number of aromatic nitrogens is 2. The van der Waals surface area contributed by atoms with Crippen LogP contribution >= 0.6 is 0 Å². The fourth-order valence-corrected chi connectivity index (χ4v) is 4.06. The summed E-state index contributed by atoms with van der Waals surface area (Å²) < 4.78 is 6.55. The monoisotopic (exact) mass is 276 g/mol. The summed E-state index contributed by atoms with van der Waals surface area (Å²) >= 11 is 0. The number of hydrogen-bond acceptors (Lipinski definition) is 4. The minimum Gasteiger partial charge on any atom is -0.469 e. The predicted molar refractivity (Wildman–Crippen MR) is 73.3 cm³/mol. The maximum Gasteiger partial charge on any atom is 0.311 e. The first kappa shape index (κ1) is 13.3. The van der Waals surface area contributed by atoms with Crippen LogP contribution in [0, 0.1) is 17.8 Å². The van der Waals surface area contributed by atoms with Crippen molar-refractivity contribution < 1.29 is 9.53 Å². The lowest BCUT2D eigenvalue weighted by atomic mass is 9.35. The molecule has 0 N–H and O–H groups in total. The molecule has 0 unspecified atom stereocenters. The zero-order valence-corrected chi connectivity index (χ0v) is 12.2. The molecular weight excluding hydrogens is 256 g/mol. The van der Waals surface area contributed by atoms with Gasteiger partial charge in [0.25, 0.3) is 5.56 Å². The highest BCUT2D eigenvalue weighted by molar-refractivity contribution is 5.81. The molecule has 0 saturated heterocycles. The van der Waals surface area contributed by atoms with Gasteiger partial charge in [-0.05, 0) is 38.0 Å². The predicted octanol–water partition coefficient (Wildman–Crippen LogP) is 1.46. The molecule has 1 aromatic rings. The molecule has 4 rings (SSSR count). The van der Waals surface area contributed by atoms with Crippen molar-refractivity contribution in [3.8, 4) is 0 Å². The third kappa shape index (κ3) is 1.65. The van der Waals surface area contributed by atoms with E-state index in [1.807, 2.05) is 13.8 Å². The molecule has 5 heteroatoms. The minimum absolute atomic E-state index is 0.0497. The second kappa shape index (κ2) is 4.17. The standard InChI is InChI=1S/C15H20N2O3/c1-4-11-10(2)12(18)17(9-16-11)8-14-5-15(6-14,7-14)13(19)20-3/h9H,4-8H2,1-3H3. The molecule has 3 fully saturated rings. The number of ether oxygens (including phenoxy) is 1. The summed E-state index contributed by atoms with van der Waals surface area (Å²) in [6.45, 7) is 4.51. The number of aryl methyl sites for hydroxylation is 1. The lowest BCUT2D eigenvalue weighted by Crippen LogP contribution is -2.67. The van der Waals surface area contributed by atoms with Crippen LogP contribution in [0.5, 0.6) is 0 Å². The largest absolute Gasteiger partial charge is 0.469 e. The van der Waals surface area contributed by atoms with Crippen molar-refractivity contribution in [1.29, 1.82) is 0 Å². The van der Waals surface area contributed by atoms with Gasteiger partial charge < -0.3 is 4.74 Å². The summed E-state index contributed by atoms with van der Waals surface area (Å²) in [4.78, 5) is 28.3. The average Bonchev–Trinajstić information content (AvgIpc) is 2.36. The van der Waals surface area contributed by atoms with Crippen molar-refractivity contribution in [3.05, 3.63) is 27.9 Å². The Morgan fingerprint density at radius 3 is 2.65 bits per heavy atom. The SMILES string of the molecule is CCc1ncn(CC23CC(C(=O)OC)(C2)C3)c(=O)c1C. The van der Waals surface area contributed by atoms with E-state index in [9.17, 15) is 9.59 Å². The molecule has 0 radical (unpaired) electrons. The summed E-state index contributed by atoms with van der Waals surface area (Å²) in [7, 11) is 1.44. The molecule has 1 heterocycles. The molecule has 0 atom stereocenters. The number of carbonyl (C=O) groups is 1. The lowest BCUT2D eigenvalue weighted by molar-refractivity contribution is -0.230. The van der Waals surface area contributed by atoms with Crippen LogP contribution < -0.4 is 5.56 Å². The normalized spacial score (nSPS) is 30.4. The Balaban J connectivity index is 1.75. The van der Waals surface area contributed by atoms with Crippen molar-refractivity contribution in [1.82, 2.24) is 9.55 Å². The van der Waals surface area contributed by atoms with Gasteiger partial charge in [-0.15, -0.1) is 0 Å². The molecule has 3 aliphatic carbocycles. The molecule has 0 spiro atoms. The van der Waals surface area contributed by atoms with Gasteiger partial charge in [0.1, 0.15) is 0 Å². The maximum absolute atomic E-state index is 12.3. The summed E-state index contributed by atoms with van der Waals surface area (Å²) in [6, 6.07) is 0. The molecule has 0 amide bonds. The van der Waals surface area contributed by atoms with E-state index in [-0.39, 0.29) is 22.4 Å². The Morgan fingerprint density at radius 1 is 1.45 bits per heavy atom. The van der Waals surface area contributed by atoms with Gasteiger partial charge in [-0.1, -0.05) is 6.92 Å². The zero-order chi connectivity index (χ0) is 14.5. The highest BCUT2D eigenvalue weighted by Crippen LogP contribution is 2.74. The van der Waals surface area contributed by atoms with Gasteiger partial charge in [-0.3, -0.25) is 14.2 Å². The van der Waals surface area contributed by atoms with E-state index in [0.29, 0.717) is 6.54 Å². The number of carbonyl (C=O) groups excluding carboxylic acids is 1. The number of hydrogen-bond donors (Lipinski definition) is 0. The van der Waals surface area contributed by atoms with Crippen LogP contribution in [0.4, 0.5) is 0 Å². The molecule has 1 aromatic heterocycles. The molecule has 2 bridgehead atoms. The van der Waals surface area contributed by atoms with Crippen molar-refractivity contribution in [2.75, 3.05) is 7.11 Å². The fourth-order valence-electron chi connectivity index (χ4n) is 4.06. The molecule has 3 saturated carbocycles. The van der Waals surface area contributed by atoms with Crippen molar-refractivity contribution >= 4 is 5.97 Å². The first-order valence-corrected chi connectivity index (χ1v) is 7.09. The Morgan fingerprint density at radius 2 is 2.10 bits per heavy atom. The van der Waals surface area contributed by atoms with Gasteiger partial charge in [-0.2, -0.15) is 0 Å².